The molecule has 0 N–H and O–H groups in total. The van der Waals surface area contributed by atoms with Crippen molar-refractivity contribution >= 4 is 5.97 Å². The zero-order valence-corrected chi connectivity index (χ0v) is 11.3. The maximum atomic E-state index is 11.0. The number of allylic oxidation sites excluding steroid dienone is 2. The molecule has 0 aromatic rings. The van der Waals surface area contributed by atoms with Crippen molar-refractivity contribution in [2.45, 2.75) is 54.1 Å². The van der Waals surface area contributed by atoms with Gasteiger partial charge in [0.1, 0.15) is 6.10 Å². The minimum absolute atomic E-state index is 0.000995. The summed E-state index contributed by atoms with van der Waals surface area (Å²) in [6, 6.07) is 0. The van der Waals surface area contributed by atoms with E-state index in [-0.39, 0.29) is 17.5 Å². The van der Waals surface area contributed by atoms with Gasteiger partial charge >= 0.3 is 5.97 Å². The molecule has 1 aliphatic rings. The van der Waals surface area contributed by atoms with Crippen LogP contribution in [0.15, 0.2) is 11.6 Å². The maximum Gasteiger partial charge on any atom is 0.302 e. The number of carbonyl (C=O) groups excluding carboxylic acids is 1. The lowest BCUT2D eigenvalue weighted by Gasteiger charge is -2.34. The van der Waals surface area contributed by atoms with Crippen LogP contribution in [0.2, 0.25) is 0 Å². The standard InChI is InChI=1S/C14H24O2/c1-9-7-13(14(5,6)8-9)10(2)11(3)16-12(4)15/h8,10-11,13H,7H2,1-6H3. The third-order valence-corrected chi connectivity index (χ3v) is 3.84. The minimum atomic E-state index is -0.181. The molecule has 2 nitrogen and oxygen atoms in total. The van der Waals surface area contributed by atoms with Crippen molar-refractivity contribution in [2.75, 3.05) is 0 Å². The fraction of sp³-hybridized carbons (Fsp3) is 0.786. The molecule has 0 bridgehead atoms. The molecule has 0 saturated carbocycles. The molecule has 0 radical (unpaired) electrons. The Morgan fingerprint density at radius 1 is 1.50 bits per heavy atom. The van der Waals surface area contributed by atoms with Crippen LogP contribution in [0.25, 0.3) is 0 Å². The summed E-state index contributed by atoms with van der Waals surface area (Å²) in [4.78, 5) is 11.0. The second-order valence-electron chi connectivity index (χ2n) is 5.80. The second kappa shape index (κ2) is 4.60. The predicted octanol–water partition coefficient (Wildman–Crippen LogP) is 3.57. The van der Waals surface area contributed by atoms with Crippen LogP contribution >= 0.6 is 0 Å². The second-order valence-corrected chi connectivity index (χ2v) is 5.80. The first-order valence-electron chi connectivity index (χ1n) is 6.09. The molecule has 1 rings (SSSR count). The molecular formula is C14H24O2. The van der Waals surface area contributed by atoms with E-state index in [0.29, 0.717) is 11.8 Å². The third-order valence-electron chi connectivity index (χ3n) is 3.84. The van der Waals surface area contributed by atoms with E-state index in [9.17, 15) is 4.79 Å². The predicted molar refractivity (Wildman–Crippen MR) is 66.0 cm³/mol. The van der Waals surface area contributed by atoms with Gasteiger partial charge < -0.3 is 4.74 Å². The van der Waals surface area contributed by atoms with Crippen molar-refractivity contribution < 1.29 is 9.53 Å². The molecule has 0 aromatic heterocycles. The number of ether oxygens (including phenoxy) is 1. The van der Waals surface area contributed by atoms with Gasteiger partial charge in [-0.15, -0.1) is 0 Å². The first-order chi connectivity index (χ1) is 7.24. The molecule has 3 atom stereocenters. The van der Waals surface area contributed by atoms with Gasteiger partial charge in [-0.25, -0.2) is 0 Å². The van der Waals surface area contributed by atoms with Crippen molar-refractivity contribution in [1.82, 2.24) is 0 Å². The van der Waals surface area contributed by atoms with E-state index in [1.807, 2.05) is 6.92 Å². The SMILES string of the molecule is CC(=O)OC(C)C(C)C1CC(C)=CC1(C)C. The average Bonchev–Trinajstić information content (AvgIpc) is 2.36. The van der Waals surface area contributed by atoms with Gasteiger partial charge in [0.25, 0.3) is 0 Å². The summed E-state index contributed by atoms with van der Waals surface area (Å²) in [7, 11) is 0. The zero-order valence-electron chi connectivity index (χ0n) is 11.3. The van der Waals surface area contributed by atoms with Gasteiger partial charge in [0.15, 0.2) is 0 Å². The smallest absolute Gasteiger partial charge is 0.302 e. The van der Waals surface area contributed by atoms with E-state index >= 15 is 0 Å². The van der Waals surface area contributed by atoms with Crippen LogP contribution in [0.3, 0.4) is 0 Å². The Labute approximate surface area is 99.1 Å². The Balaban J connectivity index is 2.69. The van der Waals surface area contributed by atoms with Gasteiger partial charge in [0.2, 0.25) is 0 Å². The van der Waals surface area contributed by atoms with Gasteiger partial charge in [0, 0.05) is 6.92 Å². The summed E-state index contributed by atoms with van der Waals surface area (Å²) < 4.78 is 5.29. The van der Waals surface area contributed by atoms with Gasteiger partial charge in [-0.05, 0) is 37.5 Å². The van der Waals surface area contributed by atoms with Crippen LogP contribution in [0.1, 0.15) is 48.0 Å². The fourth-order valence-electron chi connectivity index (χ4n) is 2.97. The Kier molecular flexibility index (Phi) is 3.82. The van der Waals surface area contributed by atoms with Crippen LogP contribution < -0.4 is 0 Å². The van der Waals surface area contributed by atoms with Crippen LogP contribution in [0.4, 0.5) is 0 Å². The Morgan fingerprint density at radius 3 is 2.44 bits per heavy atom. The van der Waals surface area contributed by atoms with Crippen molar-refractivity contribution in [2.24, 2.45) is 17.3 Å². The van der Waals surface area contributed by atoms with Crippen molar-refractivity contribution in [3.8, 4) is 0 Å². The monoisotopic (exact) mass is 224 g/mol. The van der Waals surface area contributed by atoms with E-state index in [2.05, 4.69) is 33.8 Å². The van der Waals surface area contributed by atoms with Gasteiger partial charge in [-0.1, -0.05) is 32.4 Å². The molecule has 3 unspecified atom stereocenters. The van der Waals surface area contributed by atoms with Crippen molar-refractivity contribution in [3.05, 3.63) is 11.6 Å². The molecule has 2 heteroatoms. The lowest BCUT2D eigenvalue weighted by molar-refractivity contribution is -0.149. The largest absolute Gasteiger partial charge is 0.463 e. The lowest BCUT2D eigenvalue weighted by Crippen LogP contribution is -2.33. The van der Waals surface area contributed by atoms with Crippen molar-refractivity contribution in [1.29, 1.82) is 0 Å². The Bertz CT molecular complexity index is 302. The molecule has 1 aliphatic carbocycles. The van der Waals surface area contributed by atoms with E-state index < -0.39 is 0 Å². The van der Waals surface area contributed by atoms with E-state index in [1.54, 1.807) is 0 Å². The molecule has 0 saturated heterocycles. The highest BCUT2D eigenvalue weighted by atomic mass is 16.5. The molecule has 0 aromatic carbocycles. The number of carbonyl (C=O) groups is 1. The molecular weight excluding hydrogens is 200 g/mol. The van der Waals surface area contributed by atoms with Crippen LogP contribution in [0, 0.1) is 17.3 Å². The number of rotatable bonds is 3. The van der Waals surface area contributed by atoms with Gasteiger partial charge in [0.05, 0.1) is 0 Å². The summed E-state index contributed by atoms with van der Waals surface area (Å²) in [5, 5.41) is 0. The number of esters is 1. The molecule has 92 valence electrons. The average molecular weight is 224 g/mol. The Hall–Kier alpha value is -0.790. The lowest BCUT2D eigenvalue weighted by atomic mass is 9.73. The number of hydrogen-bond donors (Lipinski definition) is 0. The molecule has 0 heterocycles. The summed E-state index contributed by atoms with van der Waals surface area (Å²) >= 11 is 0. The molecule has 0 fully saturated rings. The summed E-state index contributed by atoms with van der Waals surface area (Å²) in [6.07, 6.45) is 3.48. The van der Waals surface area contributed by atoms with E-state index in [4.69, 9.17) is 4.74 Å². The summed E-state index contributed by atoms with van der Waals surface area (Å²) in [5.74, 6) is 0.786. The fourth-order valence-corrected chi connectivity index (χ4v) is 2.97. The normalized spacial score (nSPS) is 27.1. The Morgan fingerprint density at radius 2 is 2.06 bits per heavy atom. The van der Waals surface area contributed by atoms with Crippen LogP contribution in [0.5, 0.6) is 0 Å². The minimum Gasteiger partial charge on any atom is -0.463 e. The van der Waals surface area contributed by atoms with Crippen molar-refractivity contribution in [3.63, 3.8) is 0 Å². The first kappa shape index (κ1) is 13.3. The van der Waals surface area contributed by atoms with Crippen LogP contribution in [-0.2, 0) is 9.53 Å². The summed E-state index contributed by atoms with van der Waals surface area (Å²) in [6.45, 7) is 12.4. The summed E-state index contributed by atoms with van der Waals surface area (Å²) in [5.41, 5.74) is 1.68. The quantitative estimate of drug-likeness (QED) is 0.541. The highest BCUT2D eigenvalue weighted by molar-refractivity contribution is 5.66. The molecule has 0 spiro atoms. The highest BCUT2D eigenvalue weighted by Gasteiger charge is 2.39. The van der Waals surface area contributed by atoms with E-state index in [0.717, 1.165) is 6.42 Å². The molecule has 0 aliphatic heterocycles. The van der Waals surface area contributed by atoms with Crippen LogP contribution in [-0.4, -0.2) is 12.1 Å². The van der Waals surface area contributed by atoms with Gasteiger partial charge in [-0.3, -0.25) is 4.79 Å². The first-order valence-corrected chi connectivity index (χ1v) is 6.09. The third kappa shape index (κ3) is 2.87. The molecule has 16 heavy (non-hydrogen) atoms. The zero-order chi connectivity index (χ0) is 12.5. The maximum absolute atomic E-state index is 11.0. The number of hydrogen-bond acceptors (Lipinski definition) is 2. The topological polar surface area (TPSA) is 26.3 Å². The van der Waals surface area contributed by atoms with E-state index in [1.165, 1.54) is 12.5 Å². The highest BCUT2D eigenvalue weighted by Crippen LogP contribution is 2.45. The molecule has 0 amide bonds. The van der Waals surface area contributed by atoms with Gasteiger partial charge in [-0.2, -0.15) is 0 Å².